The Labute approximate surface area is 104 Å². The molecule has 88 valence electrons. The van der Waals surface area contributed by atoms with Crippen LogP contribution in [0.15, 0.2) is 22.7 Å². The zero-order chi connectivity index (χ0) is 11.4. The van der Waals surface area contributed by atoms with E-state index in [1.807, 2.05) is 18.2 Å². The van der Waals surface area contributed by atoms with E-state index in [0.29, 0.717) is 6.10 Å². The van der Waals surface area contributed by atoms with Gasteiger partial charge < -0.3 is 14.8 Å². The van der Waals surface area contributed by atoms with E-state index in [2.05, 4.69) is 21.2 Å². The van der Waals surface area contributed by atoms with Crippen molar-refractivity contribution in [3.05, 3.63) is 22.7 Å². The van der Waals surface area contributed by atoms with Gasteiger partial charge in [-0.25, -0.2) is 0 Å². The standard InChI is InChI=1S/C12H16BrNO2/c1-15-10-3-2-4-11(12(10)13)16-9-5-7-14-8-6-9/h2-4,9,14H,5-8H2,1H3. The lowest BCUT2D eigenvalue weighted by Gasteiger charge is -2.24. The number of rotatable bonds is 3. The molecule has 1 aliphatic heterocycles. The van der Waals surface area contributed by atoms with Crippen molar-refractivity contribution in [3.63, 3.8) is 0 Å². The molecule has 0 aromatic heterocycles. The third kappa shape index (κ3) is 2.68. The second-order valence-electron chi connectivity index (χ2n) is 3.84. The maximum absolute atomic E-state index is 5.96. The van der Waals surface area contributed by atoms with E-state index in [4.69, 9.17) is 9.47 Å². The first-order valence-electron chi connectivity index (χ1n) is 5.51. The number of nitrogens with one attached hydrogen (secondary N) is 1. The molecule has 0 aliphatic carbocycles. The van der Waals surface area contributed by atoms with Crippen LogP contribution >= 0.6 is 15.9 Å². The molecule has 1 aromatic rings. The van der Waals surface area contributed by atoms with Crippen LogP contribution in [0.25, 0.3) is 0 Å². The van der Waals surface area contributed by atoms with E-state index in [0.717, 1.165) is 41.9 Å². The van der Waals surface area contributed by atoms with Gasteiger partial charge in [0.15, 0.2) is 0 Å². The topological polar surface area (TPSA) is 30.5 Å². The zero-order valence-electron chi connectivity index (χ0n) is 9.33. The van der Waals surface area contributed by atoms with Crippen LogP contribution in [0.2, 0.25) is 0 Å². The minimum Gasteiger partial charge on any atom is -0.495 e. The molecule has 0 spiro atoms. The lowest BCUT2D eigenvalue weighted by Crippen LogP contribution is -2.34. The van der Waals surface area contributed by atoms with Gasteiger partial charge in [0.2, 0.25) is 0 Å². The minimum atomic E-state index is 0.310. The number of hydrogen-bond acceptors (Lipinski definition) is 3. The minimum absolute atomic E-state index is 0.310. The SMILES string of the molecule is COc1cccc(OC2CCNCC2)c1Br. The summed E-state index contributed by atoms with van der Waals surface area (Å²) in [6.45, 7) is 2.07. The fourth-order valence-electron chi connectivity index (χ4n) is 1.83. The van der Waals surface area contributed by atoms with E-state index in [-0.39, 0.29) is 0 Å². The normalized spacial score (nSPS) is 17.1. The van der Waals surface area contributed by atoms with Gasteiger partial charge in [0.25, 0.3) is 0 Å². The molecular weight excluding hydrogens is 270 g/mol. The summed E-state index contributed by atoms with van der Waals surface area (Å²) in [5, 5.41) is 3.32. The van der Waals surface area contributed by atoms with Gasteiger partial charge in [-0.15, -0.1) is 0 Å². The second-order valence-corrected chi connectivity index (χ2v) is 4.63. The summed E-state index contributed by atoms with van der Waals surface area (Å²) in [7, 11) is 1.66. The van der Waals surface area contributed by atoms with Crippen molar-refractivity contribution in [1.82, 2.24) is 5.32 Å². The van der Waals surface area contributed by atoms with E-state index < -0.39 is 0 Å². The molecule has 1 saturated heterocycles. The fourth-order valence-corrected chi connectivity index (χ4v) is 2.35. The van der Waals surface area contributed by atoms with Gasteiger partial charge >= 0.3 is 0 Å². The lowest BCUT2D eigenvalue weighted by molar-refractivity contribution is 0.161. The number of ether oxygens (including phenoxy) is 2. The molecular formula is C12H16BrNO2. The first kappa shape index (κ1) is 11.7. The van der Waals surface area contributed by atoms with Crippen LogP contribution in [0.1, 0.15) is 12.8 Å². The van der Waals surface area contributed by atoms with Crippen molar-refractivity contribution < 1.29 is 9.47 Å². The van der Waals surface area contributed by atoms with E-state index in [1.54, 1.807) is 7.11 Å². The molecule has 1 N–H and O–H groups in total. The first-order valence-corrected chi connectivity index (χ1v) is 6.30. The summed E-state index contributed by atoms with van der Waals surface area (Å²) in [6, 6.07) is 5.83. The van der Waals surface area contributed by atoms with Gasteiger partial charge in [-0.3, -0.25) is 0 Å². The molecule has 2 rings (SSSR count). The maximum Gasteiger partial charge on any atom is 0.137 e. The van der Waals surface area contributed by atoms with Gasteiger partial charge in [-0.2, -0.15) is 0 Å². The Kier molecular flexibility index (Phi) is 4.07. The molecule has 0 radical (unpaired) electrons. The molecule has 1 fully saturated rings. The predicted octanol–water partition coefficient (Wildman–Crippen LogP) is 2.59. The molecule has 1 heterocycles. The van der Waals surface area contributed by atoms with Crippen molar-refractivity contribution >= 4 is 15.9 Å². The largest absolute Gasteiger partial charge is 0.495 e. The highest BCUT2D eigenvalue weighted by Crippen LogP contribution is 2.35. The van der Waals surface area contributed by atoms with Crippen molar-refractivity contribution in [2.24, 2.45) is 0 Å². The van der Waals surface area contributed by atoms with E-state index in [1.165, 1.54) is 0 Å². The van der Waals surface area contributed by atoms with Crippen molar-refractivity contribution in [2.45, 2.75) is 18.9 Å². The van der Waals surface area contributed by atoms with Crippen LogP contribution in [-0.4, -0.2) is 26.3 Å². The third-order valence-electron chi connectivity index (χ3n) is 2.73. The van der Waals surface area contributed by atoms with Crippen LogP contribution in [-0.2, 0) is 0 Å². The summed E-state index contributed by atoms with van der Waals surface area (Å²) in [6.07, 6.45) is 2.43. The predicted molar refractivity (Wildman–Crippen MR) is 67.2 cm³/mol. The number of methoxy groups -OCH3 is 1. The molecule has 4 heteroatoms. The van der Waals surface area contributed by atoms with Gasteiger partial charge in [0, 0.05) is 0 Å². The Morgan fingerprint density at radius 3 is 2.62 bits per heavy atom. The van der Waals surface area contributed by atoms with Crippen LogP contribution in [0.3, 0.4) is 0 Å². The molecule has 1 aromatic carbocycles. The van der Waals surface area contributed by atoms with Crippen LogP contribution < -0.4 is 14.8 Å². The van der Waals surface area contributed by atoms with Crippen LogP contribution in [0.4, 0.5) is 0 Å². The Balaban J connectivity index is 2.08. The Hall–Kier alpha value is -0.740. The highest BCUT2D eigenvalue weighted by Gasteiger charge is 2.16. The first-order chi connectivity index (χ1) is 7.81. The van der Waals surface area contributed by atoms with Crippen LogP contribution in [0.5, 0.6) is 11.5 Å². The quantitative estimate of drug-likeness (QED) is 0.926. The average Bonchev–Trinajstić information content (AvgIpc) is 2.33. The molecule has 1 aliphatic rings. The number of halogens is 1. The molecule has 0 unspecified atom stereocenters. The van der Waals surface area contributed by atoms with Crippen molar-refractivity contribution in [1.29, 1.82) is 0 Å². The number of benzene rings is 1. The summed E-state index contributed by atoms with van der Waals surface area (Å²) >= 11 is 3.50. The zero-order valence-corrected chi connectivity index (χ0v) is 10.9. The highest BCUT2D eigenvalue weighted by molar-refractivity contribution is 9.10. The molecule has 0 atom stereocenters. The Morgan fingerprint density at radius 2 is 1.94 bits per heavy atom. The summed E-state index contributed by atoms with van der Waals surface area (Å²) in [5.74, 6) is 1.68. The summed E-state index contributed by atoms with van der Waals surface area (Å²) < 4.78 is 12.1. The van der Waals surface area contributed by atoms with E-state index >= 15 is 0 Å². The van der Waals surface area contributed by atoms with E-state index in [9.17, 15) is 0 Å². The molecule has 3 nitrogen and oxygen atoms in total. The lowest BCUT2D eigenvalue weighted by atomic mass is 10.1. The fraction of sp³-hybridized carbons (Fsp3) is 0.500. The summed E-state index contributed by atoms with van der Waals surface area (Å²) in [4.78, 5) is 0. The Bertz CT molecular complexity index is 351. The Morgan fingerprint density at radius 1 is 1.25 bits per heavy atom. The van der Waals surface area contributed by atoms with Gasteiger partial charge in [0.1, 0.15) is 22.1 Å². The molecule has 0 bridgehead atoms. The van der Waals surface area contributed by atoms with Crippen molar-refractivity contribution in [3.8, 4) is 11.5 Å². The molecule has 0 saturated carbocycles. The smallest absolute Gasteiger partial charge is 0.137 e. The monoisotopic (exact) mass is 285 g/mol. The van der Waals surface area contributed by atoms with Gasteiger partial charge in [0.05, 0.1) is 7.11 Å². The number of hydrogen-bond donors (Lipinski definition) is 1. The van der Waals surface area contributed by atoms with Crippen LogP contribution in [0, 0.1) is 0 Å². The third-order valence-corrected chi connectivity index (χ3v) is 3.51. The molecule has 0 amide bonds. The highest BCUT2D eigenvalue weighted by atomic mass is 79.9. The second kappa shape index (κ2) is 5.55. The van der Waals surface area contributed by atoms with Gasteiger partial charge in [-0.1, -0.05) is 6.07 Å². The average molecular weight is 286 g/mol. The van der Waals surface area contributed by atoms with Gasteiger partial charge in [-0.05, 0) is 54.0 Å². The summed E-state index contributed by atoms with van der Waals surface area (Å²) in [5.41, 5.74) is 0. The van der Waals surface area contributed by atoms with Crippen molar-refractivity contribution in [2.75, 3.05) is 20.2 Å². The number of piperidine rings is 1. The maximum atomic E-state index is 5.96. The molecule has 16 heavy (non-hydrogen) atoms.